The van der Waals surface area contributed by atoms with Crippen LogP contribution in [-0.2, 0) is 11.3 Å². The molecule has 0 radical (unpaired) electrons. The highest BCUT2D eigenvalue weighted by molar-refractivity contribution is 5.89. The van der Waals surface area contributed by atoms with Gasteiger partial charge in [0.2, 0.25) is 5.91 Å². The molecule has 2 N–H and O–H groups in total. The molecule has 0 unspecified atom stereocenters. The second kappa shape index (κ2) is 7.74. The number of nitrogens with zero attached hydrogens (tertiary/aromatic N) is 2. The van der Waals surface area contributed by atoms with Gasteiger partial charge in [0, 0.05) is 38.2 Å². The van der Waals surface area contributed by atoms with Gasteiger partial charge in [0.25, 0.3) is 0 Å². The molecule has 7 heteroatoms. The molecule has 1 aliphatic rings. The van der Waals surface area contributed by atoms with Crippen LogP contribution in [0.25, 0.3) is 0 Å². The summed E-state index contributed by atoms with van der Waals surface area (Å²) in [6.45, 7) is 1.53. The van der Waals surface area contributed by atoms with Gasteiger partial charge in [0.1, 0.15) is 0 Å². The van der Waals surface area contributed by atoms with Crippen molar-refractivity contribution in [3.63, 3.8) is 0 Å². The van der Waals surface area contributed by atoms with E-state index in [0.29, 0.717) is 26.1 Å². The van der Waals surface area contributed by atoms with E-state index in [-0.39, 0.29) is 17.5 Å². The van der Waals surface area contributed by atoms with Gasteiger partial charge in [-0.05, 0) is 11.6 Å². The van der Waals surface area contributed by atoms with Gasteiger partial charge >= 0.3 is 6.03 Å². The summed E-state index contributed by atoms with van der Waals surface area (Å²) in [5, 5.41) is 5.12. The summed E-state index contributed by atoms with van der Waals surface area (Å²) < 4.78 is 13.4. The van der Waals surface area contributed by atoms with Crippen molar-refractivity contribution in [3.05, 3.63) is 60.2 Å². The molecule has 1 aromatic heterocycles. The third-order valence-electron chi connectivity index (χ3n) is 4.08. The van der Waals surface area contributed by atoms with E-state index in [9.17, 15) is 14.0 Å². The van der Waals surface area contributed by atoms with E-state index in [1.165, 1.54) is 12.3 Å². The monoisotopic (exact) mass is 342 g/mol. The Hall–Kier alpha value is -2.96. The van der Waals surface area contributed by atoms with Crippen LogP contribution in [0.15, 0.2) is 48.8 Å². The summed E-state index contributed by atoms with van der Waals surface area (Å²) in [6, 6.07) is 10.7. The number of benzene rings is 1. The van der Waals surface area contributed by atoms with E-state index >= 15 is 0 Å². The van der Waals surface area contributed by atoms with E-state index in [1.807, 2.05) is 30.3 Å². The molecular formula is C18H19FN4O2. The fraction of sp³-hybridized carbons (Fsp3) is 0.278. The lowest BCUT2D eigenvalue weighted by atomic mass is 10.1. The Morgan fingerprint density at radius 2 is 2.08 bits per heavy atom. The first-order chi connectivity index (χ1) is 12.1. The van der Waals surface area contributed by atoms with Crippen LogP contribution < -0.4 is 10.6 Å². The summed E-state index contributed by atoms with van der Waals surface area (Å²) in [6.07, 6.45) is 2.83. The van der Waals surface area contributed by atoms with Crippen LogP contribution in [0.3, 0.4) is 0 Å². The molecule has 0 bridgehead atoms. The predicted molar refractivity (Wildman–Crippen MR) is 91.2 cm³/mol. The largest absolute Gasteiger partial charge is 0.338 e. The van der Waals surface area contributed by atoms with Crippen LogP contribution in [0.2, 0.25) is 0 Å². The van der Waals surface area contributed by atoms with Crippen LogP contribution in [-0.4, -0.2) is 34.9 Å². The first-order valence-corrected chi connectivity index (χ1v) is 8.08. The Morgan fingerprint density at radius 1 is 1.28 bits per heavy atom. The highest BCUT2D eigenvalue weighted by atomic mass is 19.1. The van der Waals surface area contributed by atoms with Gasteiger partial charge in [-0.25, -0.2) is 9.18 Å². The van der Waals surface area contributed by atoms with Gasteiger partial charge in [0.15, 0.2) is 5.82 Å². The molecule has 3 rings (SSSR count). The number of rotatable bonds is 5. The van der Waals surface area contributed by atoms with Crippen molar-refractivity contribution in [3.8, 4) is 0 Å². The van der Waals surface area contributed by atoms with Crippen LogP contribution >= 0.6 is 0 Å². The molecule has 1 aromatic carbocycles. The molecule has 0 saturated carbocycles. The van der Waals surface area contributed by atoms with Gasteiger partial charge in [-0.3, -0.25) is 9.78 Å². The Morgan fingerprint density at radius 3 is 2.84 bits per heavy atom. The highest BCUT2D eigenvalue weighted by Crippen LogP contribution is 2.19. The summed E-state index contributed by atoms with van der Waals surface area (Å²) in [4.78, 5) is 29.4. The lowest BCUT2D eigenvalue weighted by Gasteiger charge is -2.17. The number of carbonyl (C=O) groups is 2. The first-order valence-electron chi connectivity index (χ1n) is 8.08. The zero-order valence-corrected chi connectivity index (χ0v) is 13.6. The summed E-state index contributed by atoms with van der Waals surface area (Å²) in [5.41, 5.74) is 1.15. The average molecular weight is 342 g/mol. The lowest BCUT2D eigenvalue weighted by Crippen LogP contribution is -2.34. The first kappa shape index (κ1) is 16.9. The molecule has 1 fully saturated rings. The van der Waals surface area contributed by atoms with Crippen LogP contribution in [0.1, 0.15) is 12.0 Å². The number of nitrogens with one attached hydrogen (secondary N) is 2. The second-order valence-corrected chi connectivity index (χ2v) is 6.02. The average Bonchev–Trinajstić information content (AvgIpc) is 2.96. The maximum Gasteiger partial charge on any atom is 0.319 e. The summed E-state index contributed by atoms with van der Waals surface area (Å²) in [5.74, 6) is -0.469. The SMILES string of the molecule is O=C(NC[C@@H]1CC(=O)N(Cc2ccccc2)C1)Nc1ccncc1F. The molecule has 6 nitrogen and oxygen atoms in total. The van der Waals surface area contributed by atoms with E-state index in [2.05, 4.69) is 15.6 Å². The topological polar surface area (TPSA) is 74.3 Å². The van der Waals surface area contributed by atoms with Crippen LogP contribution in [0, 0.1) is 11.7 Å². The number of hydrogen-bond donors (Lipinski definition) is 2. The zero-order valence-electron chi connectivity index (χ0n) is 13.6. The standard InChI is InChI=1S/C18H19FN4O2/c19-15-10-20-7-6-16(15)22-18(25)21-9-14-8-17(24)23(12-14)11-13-4-2-1-3-5-13/h1-7,10,14H,8-9,11-12H2,(H2,20,21,22,25)/t14-/m0/s1. The Balaban J connectivity index is 1.47. The minimum absolute atomic E-state index is 0.0456. The molecule has 1 aliphatic heterocycles. The highest BCUT2D eigenvalue weighted by Gasteiger charge is 2.29. The molecule has 130 valence electrons. The molecule has 0 aliphatic carbocycles. The maximum atomic E-state index is 13.4. The normalized spacial score (nSPS) is 16.8. The fourth-order valence-corrected chi connectivity index (χ4v) is 2.83. The van der Waals surface area contributed by atoms with Gasteiger partial charge in [0.05, 0.1) is 11.9 Å². The Kier molecular flexibility index (Phi) is 5.23. The lowest BCUT2D eigenvalue weighted by molar-refractivity contribution is -0.128. The molecular weight excluding hydrogens is 323 g/mol. The minimum Gasteiger partial charge on any atom is -0.338 e. The number of amides is 3. The van der Waals surface area contributed by atoms with Crippen molar-refractivity contribution in [2.45, 2.75) is 13.0 Å². The number of hydrogen-bond acceptors (Lipinski definition) is 3. The van der Waals surface area contributed by atoms with Crippen molar-refractivity contribution in [1.82, 2.24) is 15.2 Å². The molecule has 1 saturated heterocycles. The van der Waals surface area contributed by atoms with Gasteiger partial charge in [-0.15, -0.1) is 0 Å². The quantitative estimate of drug-likeness (QED) is 0.876. The fourth-order valence-electron chi connectivity index (χ4n) is 2.83. The number of halogens is 1. The number of carbonyl (C=O) groups excluding carboxylic acids is 2. The van der Waals surface area contributed by atoms with E-state index < -0.39 is 11.8 Å². The van der Waals surface area contributed by atoms with E-state index in [0.717, 1.165) is 11.8 Å². The van der Waals surface area contributed by atoms with Crippen molar-refractivity contribution in [2.24, 2.45) is 5.92 Å². The smallest absolute Gasteiger partial charge is 0.319 e. The van der Waals surface area contributed by atoms with Crippen molar-refractivity contribution in [2.75, 3.05) is 18.4 Å². The zero-order chi connectivity index (χ0) is 17.6. The van der Waals surface area contributed by atoms with Crippen LogP contribution in [0.4, 0.5) is 14.9 Å². The third kappa shape index (κ3) is 4.53. The minimum atomic E-state index is -0.595. The Labute approximate surface area is 145 Å². The van der Waals surface area contributed by atoms with Crippen molar-refractivity contribution in [1.29, 1.82) is 0 Å². The van der Waals surface area contributed by atoms with Crippen molar-refractivity contribution >= 4 is 17.6 Å². The number of pyridine rings is 1. The van der Waals surface area contributed by atoms with Gasteiger partial charge in [-0.2, -0.15) is 0 Å². The number of urea groups is 1. The molecule has 2 heterocycles. The van der Waals surface area contributed by atoms with Crippen molar-refractivity contribution < 1.29 is 14.0 Å². The second-order valence-electron chi connectivity index (χ2n) is 6.02. The van der Waals surface area contributed by atoms with E-state index in [1.54, 1.807) is 4.90 Å². The maximum absolute atomic E-state index is 13.4. The molecule has 0 spiro atoms. The van der Waals surface area contributed by atoms with E-state index in [4.69, 9.17) is 0 Å². The number of anilines is 1. The van der Waals surface area contributed by atoms with Gasteiger partial charge in [-0.1, -0.05) is 30.3 Å². The molecule has 2 aromatic rings. The summed E-state index contributed by atoms with van der Waals surface area (Å²) >= 11 is 0. The third-order valence-corrected chi connectivity index (χ3v) is 4.08. The molecule has 1 atom stereocenters. The molecule has 3 amide bonds. The van der Waals surface area contributed by atoms with Crippen LogP contribution in [0.5, 0.6) is 0 Å². The number of likely N-dealkylation sites (tertiary alicyclic amines) is 1. The predicted octanol–water partition coefficient (Wildman–Crippen LogP) is 2.39. The molecule has 25 heavy (non-hydrogen) atoms. The van der Waals surface area contributed by atoms with Gasteiger partial charge < -0.3 is 15.5 Å². The Bertz CT molecular complexity index is 754. The summed E-state index contributed by atoms with van der Waals surface area (Å²) in [7, 11) is 0. The number of aromatic nitrogens is 1.